The van der Waals surface area contributed by atoms with Gasteiger partial charge >= 0.3 is 5.97 Å². The highest BCUT2D eigenvalue weighted by atomic mass is 32.2. The molecule has 0 saturated carbocycles. The molecule has 0 spiro atoms. The van der Waals surface area contributed by atoms with Gasteiger partial charge in [0.1, 0.15) is 16.9 Å². The highest BCUT2D eigenvalue weighted by Gasteiger charge is 2.48. The molecule has 7 nitrogen and oxygen atoms in total. The highest BCUT2D eigenvalue weighted by Crippen LogP contribution is 2.36. The van der Waals surface area contributed by atoms with E-state index in [1.807, 2.05) is 43.3 Å². The number of hydrogen-bond donors (Lipinski definition) is 1. The first-order chi connectivity index (χ1) is 13.3. The molecule has 0 aromatic heterocycles. The molecule has 1 N–H and O–H groups in total. The molecule has 1 atom stereocenters. The molecule has 1 unspecified atom stereocenters. The third-order valence-electron chi connectivity index (χ3n) is 4.20. The Bertz CT molecular complexity index is 939. The van der Waals surface area contributed by atoms with Gasteiger partial charge in [-0.1, -0.05) is 60.4 Å². The number of thioether (sulfide) groups is 1. The number of carbonyl (C=O) groups is 4. The summed E-state index contributed by atoms with van der Waals surface area (Å²) in [5.74, 6) is -3.11. The molecule has 9 heteroatoms. The van der Waals surface area contributed by atoms with E-state index in [1.54, 1.807) is 6.08 Å². The second-order valence-corrected chi connectivity index (χ2v) is 7.96. The number of imide groups is 1. The van der Waals surface area contributed by atoms with E-state index in [4.69, 9.17) is 17.3 Å². The van der Waals surface area contributed by atoms with Crippen LogP contribution < -0.4 is 0 Å². The van der Waals surface area contributed by atoms with Gasteiger partial charge < -0.3 is 5.11 Å². The van der Waals surface area contributed by atoms with E-state index in [2.05, 4.69) is 0 Å². The summed E-state index contributed by atoms with van der Waals surface area (Å²) < 4.78 is 0.173. The van der Waals surface area contributed by atoms with Crippen molar-refractivity contribution in [2.75, 3.05) is 6.54 Å². The topological polar surface area (TPSA) is 95.0 Å². The van der Waals surface area contributed by atoms with E-state index in [0.29, 0.717) is 9.81 Å². The van der Waals surface area contributed by atoms with Crippen LogP contribution >= 0.6 is 24.0 Å². The molecule has 2 aliphatic rings. The van der Waals surface area contributed by atoms with E-state index in [-0.39, 0.29) is 10.7 Å². The SMILES string of the molecule is CC(/C=C1\SC(=S)N(C2CC(=O)N(CC(=O)O)C2=O)C1=O)=C\c1ccccc1. The molecule has 2 heterocycles. The molecule has 2 fully saturated rings. The van der Waals surface area contributed by atoms with E-state index in [0.717, 1.165) is 27.8 Å². The van der Waals surface area contributed by atoms with Gasteiger partial charge in [0.25, 0.3) is 11.8 Å². The number of carbonyl (C=O) groups excluding carboxylic acids is 3. The van der Waals surface area contributed by atoms with Crippen LogP contribution in [0, 0.1) is 0 Å². The second-order valence-electron chi connectivity index (χ2n) is 6.28. The van der Waals surface area contributed by atoms with Gasteiger partial charge in [0.15, 0.2) is 0 Å². The lowest BCUT2D eigenvalue weighted by molar-refractivity contribution is -0.149. The Labute approximate surface area is 170 Å². The summed E-state index contributed by atoms with van der Waals surface area (Å²) in [6.07, 6.45) is 3.32. The number of carboxylic acid groups (broad SMARTS) is 1. The number of aliphatic carboxylic acids is 1. The molecule has 28 heavy (non-hydrogen) atoms. The third-order valence-corrected chi connectivity index (χ3v) is 5.53. The standard InChI is InChI=1S/C19H16N2O5S2/c1-11(7-12-5-3-2-4-6-12)8-14-18(26)21(19(27)28-14)13-9-15(22)20(17(13)25)10-16(23)24/h2-8,13H,9-10H2,1H3,(H,23,24)/b11-7+,14-8-. The van der Waals surface area contributed by atoms with E-state index in [9.17, 15) is 19.2 Å². The maximum atomic E-state index is 12.8. The van der Waals surface area contributed by atoms with Gasteiger partial charge in [-0.25, -0.2) is 0 Å². The van der Waals surface area contributed by atoms with Crippen LogP contribution in [0.15, 0.2) is 46.9 Å². The zero-order valence-electron chi connectivity index (χ0n) is 14.8. The molecule has 0 bridgehead atoms. The van der Waals surface area contributed by atoms with E-state index >= 15 is 0 Å². The first-order valence-electron chi connectivity index (χ1n) is 8.34. The zero-order valence-corrected chi connectivity index (χ0v) is 16.5. The molecule has 1 aromatic rings. The number of likely N-dealkylation sites (tertiary alicyclic amines) is 1. The van der Waals surface area contributed by atoms with Crippen LogP contribution in [0.2, 0.25) is 0 Å². The monoisotopic (exact) mass is 416 g/mol. The summed E-state index contributed by atoms with van der Waals surface area (Å²) in [5, 5.41) is 8.86. The summed E-state index contributed by atoms with van der Waals surface area (Å²) in [5.41, 5.74) is 1.81. The molecule has 3 rings (SSSR count). The molecule has 144 valence electrons. The van der Waals surface area contributed by atoms with E-state index < -0.39 is 36.3 Å². The quantitative estimate of drug-likeness (QED) is 0.446. The Balaban J connectivity index is 1.80. The Morgan fingerprint density at radius 3 is 2.61 bits per heavy atom. The van der Waals surface area contributed by atoms with Crippen LogP contribution in [0.3, 0.4) is 0 Å². The fourth-order valence-electron chi connectivity index (χ4n) is 2.98. The van der Waals surface area contributed by atoms with Gasteiger partial charge in [-0.3, -0.25) is 29.0 Å². The van der Waals surface area contributed by atoms with Crippen molar-refractivity contribution in [3.63, 3.8) is 0 Å². The normalized spacial score (nSPS) is 22.0. The first kappa shape index (κ1) is 20.0. The summed E-state index contributed by atoms with van der Waals surface area (Å²) >= 11 is 6.30. The molecule has 2 saturated heterocycles. The highest BCUT2D eigenvalue weighted by molar-refractivity contribution is 8.26. The largest absolute Gasteiger partial charge is 0.480 e. The lowest BCUT2D eigenvalue weighted by Crippen LogP contribution is -2.45. The maximum absolute atomic E-state index is 12.8. The summed E-state index contributed by atoms with van der Waals surface area (Å²) in [6.45, 7) is 1.12. The van der Waals surface area contributed by atoms with Crippen molar-refractivity contribution < 1.29 is 24.3 Å². The Kier molecular flexibility index (Phi) is 5.76. The van der Waals surface area contributed by atoms with Crippen molar-refractivity contribution in [1.29, 1.82) is 0 Å². The number of thiocarbonyl (C=S) groups is 1. The van der Waals surface area contributed by atoms with Crippen LogP contribution in [0.4, 0.5) is 0 Å². The minimum Gasteiger partial charge on any atom is -0.480 e. The Morgan fingerprint density at radius 1 is 1.29 bits per heavy atom. The van der Waals surface area contributed by atoms with Crippen LogP contribution in [0.5, 0.6) is 0 Å². The molecule has 0 radical (unpaired) electrons. The molecule has 1 aromatic carbocycles. The van der Waals surface area contributed by atoms with Crippen molar-refractivity contribution in [2.45, 2.75) is 19.4 Å². The summed E-state index contributed by atoms with van der Waals surface area (Å²) in [7, 11) is 0. The zero-order chi connectivity index (χ0) is 20.4. The average molecular weight is 416 g/mol. The summed E-state index contributed by atoms with van der Waals surface area (Å²) in [6, 6.07) is 8.49. The lowest BCUT2D eigenvalue weighted by atomic mass is 10.1. The summed E-state index contributed by atoms with van der Waals surface area (Å²) in [4.78, 5) is 50.2. The third kappa shape index (κ3) is 4.05. The van der Waals surface area contributed by atoms with Crippen molar-refractivity contribution in [3.8, 4) is 0 Å². The van der Waals surface area contributed by atoms with Crippen molar-refractivity contribution in [1.82, 2.24) is 9.80 Å². The fourth-order valence-corrected chi connectivity index (χ4v) is 4.38. The first-order valence-corrected chi connectivity index (χ1v) is 9.57. The lowest BCUT2D eigenvalue weighted by Gasteiger charge is -2.20. The number of carboxylic acids is 1. The Morgan fingerprint density at radius 2 is 1.96 bits per heavy atom. The molecular weight excluding hydrogens is 400 g/mol. The van der Waals surface area contributed by atoms with Gasteiger partial charge in [-0.2, -0.15) is 0 Å². The van der Waals surface area contributed by atoms with Gasteiger partial charge in [-0.15, -0.1) is 0 Å². The minimum atomic E-state index is -1.30. The molecule has 0 aliphatic carbocycles. The van der Waals surface area contributed by atoms with Gasteiger partial charge in [0.05, 0.1) is 11.3 Å². The number of hydrogen-bond acceptors (Lipinski definition) is 6. The van der Waals surface area contributed by atoms with Crippen molar-refractivity contribution in [3.05, 3.63) is 52.4 Å². The number of benzene rings is 1. The van der Waals surface area contributed by atoms with E-state index in [1.165, 1.54) is 0 Å². The van der Waals surface area contributed by atoms with Crippen LogP contribution in [0.25, 0.3) is 6.08 Å². The van der Waals surface area contributed by atoms with Crippen LogP contribution in [0.1, 0.15) is 18.9 Å². The predicted octanol–water partition coefficient (Wildman–Crippen LogP) is 2.05. The fraction of sp³-hybridized carbons (Fsp3) is 0.211. The van der Waals surface area contributed by atoms with Crippen molar-refractivity contribution in [2.24, 2.45) is 0 Å². The maximum Gasteiger partial charge on any atom is 0.323 e. The number of allylic oxidation sites excluding steroid dienone is 2. The van der Waals surface area contributed by atoms with Gasteiger partial charge in [0.2, 0.25) is 5.91 Å². The van der Waals surface area contributed by atoms with Crippen LogP contribution in [-0.4, -0.2) is 55.5 Å². The Hall–Kier alpha value is -2.78. The van der Waals surface area contributed by atoms with Gasteiger partial charge in [0, 0.05) is 0 Å². The van der Waals surface area contributed by atoms with Gasteiger partial charge in [-0.05, 0) is 24.1 Å². The van der Waals surface area contributed by atoms with Crippen LogP contribution in [-0.2, 0) is 19.2 Å². The molecule has 3 amide bonds. The second kappa shape index (κ2) is 8.07. The van der Waals surface area contributed by atoms with Crippen molar-refractivity contribution >= 4 is 58.1 Å². The smallest absolute Gasteiger partial charge is 0.323 e. The average Bonchev–Trinajstić information content (AvgIpc) is 3.05. The number of amides is 3. The predicted molar refractivity (Wildman–Crippen MR) is 108 cm³/mol. The minimum absolute atomic E-state index is 0.173. The molecular formula is C19H16N2O5S2. The number of rotatable bonds is 5. The number of nitrogens with zero attached hydrogens (tertiary/aromatic N) is 2. The molecule has 2 aliphatic heterocycles.